The zero-order valence-corrected chi connectivity index (χ0v) is 16.1. The van der Waals surface area contributed by atoms with Gasteiger partial charge in [0, 0.05) is 11.4 Å². The number of para-hydroxylation sites is 2. The fourth-order valence-corrected chi connectivity index (χ4v) is 2.40. The van der Waals surface area contributed by atoms with Crippen molar-refractivity contribution in [1.29, 1.82) is 0 Å². The molecule has 0 heterocycles. The molecular formula is C20H21ClFNO5. The van der Waals surface area contributed by atoms with Gasteiger partial charge in [-0.05, 0) is 43.7 Å². The molecule has 0 atom stereocenters. The molecule has 1 amide bonds. The molecule has 0 saturated carbocycles. The third-order valence-corrected chi connectivity index (χ3v) is 3.74. The molecule has 0 radical (unpaired) electrons. The number of carbonyl (C=O) groups is 2. The number of ether oxygens (including phenoxy) is 3. The lowest BCUT2D eigenvalue weighted by atomic mass is 10.3. The van der Waals surface area contributed by atoms with E-state index >= 15 is 0 Å². The first-order valence-corrected chi connectivity index (χ1v) is 9.12. The summed E-state index contributed by atoms with van der Waals surface area (Å²) in [5, 5.41) is 2.53. The molecule has 150 valence electrons. The van der Waals surface area contributed by atoms with Crippen molar-refractivity contribution in [3.05, 3.63) is 53.3 Å². The number of rotatable bonds is 10. The summed E-state index contributed by atoms with van der Waals surface area (Å²) < 4.78 is 29.5. The van der Waals surface area contributed by atoms with Crippen LogP contribution in [-0.4, -0.2) is 31.7 Å². The molecule has 0 fully saturated rings. The minimum absolute atomic E-state index is 0.0354. The Balaban J connectivity index is 1.66. The Labute approximate surface area is 167 Å². The van der Waals surface area contributed by atoms with E-state index in [1.54, 1.807) is 12.1 Å². The number of hydrogen-bond donors (Lipinski definition) is 1. The molecular weight excluding hydrogens is 389 g/mol. The zero-order valence-electron chi connectivity index (χ0n) is 15.4. The van der Waals surface area contributed by atoms with Gasteiger partial charge in [-0.15, -0.1) is 0 Å². The fraction of sp³-hybridized carbons (Fsp3) is 0.300. The fourth-order valence-electron chi connectivity index (χ4n) is 2.24. The van der Waals surface area contributed by atoms with Gasteiger partial charge < -0.3 is 19.5 Å². The van der Waals surface area contributed by atoms with E-state index in [0.29, 0.717) is 31.1 Å². The number of nitrogens with one attached hydrogen (secondary N) is 1. The smallest absolute Gasteiger partial charge is 0.306 e. The van der Waals surface area contributed by atoms with Gasteiger partial charge in [-0.3, -0.25) is 9.59 Å². The summed E-state index contributed by atoms with van der Waals surface area (Å²) in [4.78, 5) is 23.5. The minimum atomic E-state index is -0.670. The lowest BCUT2D eigenvalue weighted by Gasteiger charge is -2.11. The van der Waals surface area contributed by atoms with E-state index in [1.807, 2.05) is 19.1 Å². The van der Waals surface area contributed by atoms with Gasteiger partial charge in [0.2, 0.25) is 0 Å². The largest absolute Gasteiger partial charge is 0.490 e. The third-order valence-electron chi connectivity index (χ3n) is 3.50. The number of hydrogen-bond acceptors (Lipinski definition) is 5. The van der Waals surface area contributed by atoms with Crippen molar-refractivity contribution in [3.8, 4) is 11.5 Å². The van der Waals surface area contributed by atoms with Crippen LogP contribution in [-0.2, 0) is 14.3 Å². The summed E-state index contributed by atoms with van der Waals surface area (Å²) in [7, 11) is 0. The molecule has 2 rings (SSSR count). The summed E-state index contributed by atoms with van der Waals surface area (Å²) in [5.41, 5.74) is -0.0354. The summed E-state index contributed by atoms with van der Waals surface area (Å²) in [5.74, 6) is -0.623. The van der Waals surface area contributed by atoms with E-state index in [9.17, 15) is 14.0 Å². The Hall–Kier alpha value is -2.80. The summed E-state index contributed by atoms with van der Waals surface area (Å²) >= 11 is 5.64. The molecule has 0 aliphatic heterocycles. The maximum Gasteiger partial charge on any atom is 0.306 e. The maximum atomic E-state index is 13.6. The highest BCUT2D eigenvalue weighted by molar-refractivity contribution is 6.30. The van der Waals surface area contributed by atoms with Crippen molar-refractivity contribution in [3.63, 3.8) is 0 Å². The lowest BCUT2D eigenvalue weighted by molar-refractivity contribution is -0.147. The average Bonchev–Trinajstić information content (AvgIpc) is 2.67. The molecule has 0 aliphatic rings. The van der Waals surface area contributed by atoms with Gasteiger partial charge in [0.05, 0.1) is 18.9 Å². The molecule has 8 heteroatoms. The van der Waals surface area contributed by atoms with Gasteiger partial charge in [-0.2, -0.15) is 0 Å². The van der Waals surface area contributed by atoms with Crippen LogP contribution < -0.4 is 14.8 Å². The predicted octanol–water partition coefficient (Wildman–Crippen LogP) is 4.22. The average molecular weight is 410 g/mol. The number of carbonyl (C=O) groups excluding carboxylic acids is 2. The first-order chi connectivity index (χ1) is 13.5. The van der Waals surface area contributed by atoms with Gasteiger partial charge in [-0.1, -0.05) is 23.7 Å². The number of halogens is 2. The number of esters is 1. The van der Waals surface area contributed by atoms with Gasteiger partial charge in [0.25, 0.3) is 5.91 Å². The highest BCUT2D eigenvalue weighted by Gasteiger charge is 2.11. The third kappa shape index (κ3) is 7.08. The first-order valence-electron chi connectivity index (χ1n) is 8.74. The molecule has 0 bridgehead atoms. The van der Waals surface area contributed by atoms with Crippen LogP contribution in [0.4, 0.5) is 10.1 Å². The standard InChI is InChI=1S/C20H21ClFNO5/c1-2-26-17-6-3-4-7-18(17)27-11-5-8-20(25)28-13-19(24)23-16-10-9-14(21)12-15(16)22/h3-4,6-7,9-10,12H,2,5,8,11,13H2,1H3,(H,23,24). The predicted molar refractivity (Wildman–Crippen MR) is 103 cm³/mol. The van der Waals surface area contributed by atoms with Crippen molar-refractivity contribution in [2.75, 3.05) is 25.1 Å². The van der Waals surface area contributed by atoms with Crippen LogP contribution in [0.2, 0.25) is 5.02 Å². The van der Waals surface area contributed by atoms with Crippen LogP contribution in [0.1, 0.15) is 19.8 Å². The Morgan fingerprint density at radius 3 is 2.50 bits per heavy atom. The molecule has 0 aliphatic carbocycles. The van der Waals surface area contributed by atoms with Gasteiger partial charge in [0.1, 0.15) is 5.82 Å². The summed E-state index contributed by atoms with van der Waals surface area (Å²) in [6.45, 7) is 2.19. The highest BCUT2D eigenvalue weighted by Crippen LogP contribution is 2.26. The van der Waals surface area contributed by atoms with E-state index in [-0.39, 0.29) is 17.1 Å². The first kappa shape index (κ1) is 21.5. The van der Waals surface area contributed by atoms with Crippen molar-refractivity contribution < 1.29 is 28.2 Å². The summed E-state index contributed by atoms with van der Waals surface area (Å²) in [6, 6.07) is 11.1. The Morgan fingerprint density at radius 1 is 1.11 bits per heavy atom. The van der Waals surface area contributed by atoms with E-state index < -0.39 is 24.3 Å². The molecule has 1 N–H and O–H groups in total. The quantitative estimate of drug-likeness (QED) is 0.470. The van der Waals surface area contributed by atoms with Crippen molar-refractivity contribution in [1.82, 2.24) is 0 Å². The van der Waals surface area contributed by atoms with E-state index in [4.69, 9.17) is 25.8 Å². The molecule has 0 aromatic heterocycles. The van der Waals surface area contributed by atoms with E-state index in [2.05, 4.69) is 5.32 Å². The molecule has 2 aromatic carbocycles. The Kier molecular flexibility index (Phi) is 8.55. The van der Waals surface area contributed by atoms with Gasteiger partial charge in [-0.25, -0.2) is 4.39 Å². The van der Waals surface area contributed by atoms with Crippen molar-refractivity contribution in [2.45, 2.75) is 19.8 Å². The number of benzene rings is 2. The maximum absolute atomic E-state index is 13.6. The lowest BCUT2D eigenvalue weighted by Crippen LogP contribution is -2.21. The van der Waals surface area contributed by atoms with E-state index in [0.717, 1.165) is 6.07 Å². The van der Waals surface area contributed by atoms with Crippen LogP contribution >= 0.6 is 11.6 Å². The van der Waals surface area contributed by atoms with Crippen LogP contribution in [0.25, 0.3) is 0 Å². The second-order valence-corrected chi connectivity index (χ2v) is 6.10. The second kappa shape index (κ2) is 11.1. The molecule has 0 spiro atoms. The SMILES string of the molecule is CCOc1ccccc1OCCCC(=O)OCC(=O)Nc1ccc(Cl)cc1F. The molecule has 0 saturated heterocycles. The molecule has 2 aromatic rings. The normalized spacial score (nSPS) is 10.2. The Morgan fingerprint density at radius 2 is 1.82 bits per heavy atom. The minimum Gasteiger partial charge on any atom is -0.490 e. The van der Waals surface area contributed by atoms with Crippen molar-refractivity contribution in [2.24, 2.45) is 0 Å². The molecule has 6 nitrogen and oxygen atoms in total. The number of amides is 1. The molecule has 28 heavy (non-hydrogen) atoms. The Bertz CT molecular complexity index is 815. The van der Waals surface area contributed by atoms with Crippen LogP contribution in [0, 0.1) is 5.82 Å². The van der Waals surface area contributed by atoms with Crippen LogP contribution in [0.15, 0.2) is 42.5 Å². The van der Waals surface area contributed by atoms with Gasteiger partial charge in [0.15, 0.2) is 18.1 Å². The number of anilines is 1. The zero-order chi connectivity index (χ0) is 20.4. The summed E-state index contributed by atoms with van der Waals surface area (Å²) in [6.07, 6.45) is 0.492. The van der Waals surface area contributed by atoms with Crippen LogP contribution in [0.3, 0.4) is 0 Å². The molecule has 0 unspecified atom stereocenters. The van der Waals surface area contributed by atoms with Gasteiger partial charge >= 0.3 is 5.97 Å². The highest BCUT2D eigenvalue weighted by atomic mass is 35.5. The van der Waals surface area contributed by atoms with Crippen molar-refractivity contribution >= 4 is 29.2 Å². The van der Waals surface area contributed by atoms with E-state index in [1.165, 1.54) is 12.1 Å². The second-order valence-electron chi connectivity index (χ2n) is 5.66. The van der Waals surface area contributed by atoms with Crippen LogP contribution in [0.5, 0.6) is 11.5 Å². The topological polar surface area (TPSA) is 73.9 Å². The monoisotopic (exact) mass is 409 g/mol.